The Morgan fingerprint density at radius 3 is 2.24 bits per heavy atom. The summed E-state index contributed by atoms with van der Waals surface area (Å²) in [6, 6.07) is -0.661. The molecule has 8 nitrogen and oxygen atoms in total. The molecule has 0 spiro atoms. The fourth-order valence-corrected chi connectivity index (χ4v) is 3.68. The number of hydrogen-bond donors (Lipinski definition) is 3. The quantitative estimate of drug-likeness (QED) is 0.222. The van der Waals surface area contributed by atoms with E-state index in [0.29, 0.717) is 18.1 Å². The molecule has 1 heterocycles. The lowest BCUT2D eigenvalue weighted by Crippen LogP contribution is -2.29. The van der Waals surface area contributed by atoms with Crippen molar-refractivity contribution < 1.29 is 37.0 Å². The Labute approximate surface area is 198 Å². The predicted octanol–water partition coefficient (Wildman–Crippen LogP) is 4.53. The Bertz CT molecular complexity index is 1000. The minimum Gasteiger partial charge on any atom is -0.477 e. The van der Waals surface area contributed by atoms with Crippen molar-refractivity contribution in [3.63, 3.8) is 0 Å². The molecule has 0 atom stereocenters. The standard InChI is InChI=1S/C21H26F4N4O4S/c1-11-14(22)16(24)12(17(25)15(11)23)10-33-18-13(20(30)31)19(34-28-18)27-21(32)26-8-6-4-5-7-9-29(2)3/h4-10H2,1-3H3,(H,30,31)(H2,26,27,32). The number of nitrogens with one attached hydrogen (secondary N) is 2. The van der Waals surface area contributed by atoms with Crippen LogP contribution in [-0.2, 0) is 6.61 Å². The summed E-state index contributed by atoms with van der Waals surface area (Å²) < 4.78 is 64.3. The number of carboxylic acids is 1. The van der Waals surface area contributed by atoms with Crippen molar-refractivity contribution in [1.82, 2.24) is 14.6 Å². The van der Waals surface area contributed by atoms with Crippen LogP contribution in [0.3, 0.4) is 0 Å². The molecule has 34 heavy (non-hydrogen) atoms. The second-order valence-corrected chi connectivity index (χ2v) is 8.52. The number of amides is 2. The van der Waals surface area contributed by atoms with E-state index in [-0.39, 0.29) is 5.00 Å². The number of ether oxygens (including phenoxy) is 1. The molecular formula is C21H26F4N4O4S. The van der Waals surface area contributed by atoms with Gasteiger partial charge in [-0.2, -0.15) is 4.37 Å². The largest absolute Gasteiger partial charge is 0.477 e. The first-order chi connectivity index (χ1) is 16.0. The molecule has 2 aromatic rings. The van der Waals surface area contributed by atoms with E-state index in [9.17, 15) is 32.3 Å². The molecule has 0 unspecified atom stereocenters. The van der Waals surface area contributed by atoms with E-state index >= 15 is 0 Å². The minimum atomic E-state index is -1.65. The minimum absolute atomic E-state index is 0.173. The number of rotatable bonds is 12. The van der Waals surface area contributed by atoms with E-state index < -0.39 is 64.4 Å². The Kier molecular flexibility index (Phi) is 10.1. The van der Waals surface area contributed by atoms with Gasteiger partial charge in [-0.3, -0.25) is 5.32 Å². The number of aromatic nitrogens is 1. The molecule has 3 N–H and O–H groups in total. The number of carboxylic acid groups (broad SMARTS) is 1. The van der Waals surface area contributed by atoms with Crippen LogP contribution in [0.5, 0.6) is 5.88 Å². The Morgan fingerprint density at radius 1 is 1.03 bits per heavy atom. The van der Waals surface area contributed by atoms with Crippen LogP contribution in [-0.4, -0.2) is 53.6 Å². The average Bonchev–Trinajstić information content (AvgIpc) is 3.18. The zero-order valence-electron chi connectivity index (χ0n) is 18.9. The van der Waals surface area contributed by atoms with Gasteiger partial charge in [-0.15, -0.1) is 0 Å². The molecule has 2 amide bonds. The first-order valence-electron chi connectivity index (χ1n) is 10.4. The average molecular weight is 507 g/mol. The summed E-state index contributed by atoms with van der Waals surface area (Å²) in [5, 5.41) is 14.2. The van der Waals surface area contributed by atoms with E-state index in [1.807, 2.05) is 14.1 Å². The SMILES string of the molecule is Cc1c(F)c(F)c(COc2nsc(NC(=O)NCCCCCCN(C)C)c2C(=O)O)c(F)c1F. The number of hydrogen-bond acceptors (Lipinski definition) is 6. The molecule has 0 aliphatic heterocycles. The lowest BCUT2D eigenvalue weighted by Gasteiger charge is -2.11. The van der Waals surface area contributed by atoms with Gasteiger partial charge in [-0.05, 0) is 51.9 Å². The van der Waals surface area contributed by atoms with Crippen molar-refractivity contribution in [3.8, 4) is 5.88 Å². The Balaban J connectivity index is 1.98. The van der Waals surface area contributed by atoms with Crippen LogP contribution in [0.2, 0.25) is 0 Å². The van der Waals surface area contributed by atoms with Crippen molar-refractivity contribution in [2.45, 2.75) is 39.2 Å². The second kappa shape index (κ2) is 12.5. The number of urea groups is 1. The first kappa shape index (κ1) is 27.3. The van der Waals surface area contributed by atoms with Gasteiger partial charge in [-0.1, -0.05) is 12.8 Å². The van der Waals surface area contributed by atoms with Gasteiger partial charge >= 0.3 is 12.0 Å². The number of carbonyl (C=O) groups is 2. The summed E-state index contributed by atoms with van der Waals surface area (Å²) >= 11 is 0.570. The highest BCUT2D eigenvalue weighted by atomic mass is 32.1. The number of halogens is 4. The van der Waals surface area contributed by atoms with Gasteiger partial charge in [0.25, 0.3) is 0 Å². The van der Waals surface area contributed by atoms with Crippen LogP contribution in [0.15, 0.2) is 0 Å². The molecule has 13 heteroatoms. The number of anilines is 1. The van der Waals surface area contributed by atoms with E-state index in [4.69, 9.17) is 4.74 Å². The number of unbranched alkanes of at least 4 members (excludes halogenated alkanes) is 3. The molecule has 0 fully saturated rings. The third-order valence-corrected chi connectivity index (χ3v) is 5.59. The van der Waals surface area contributed by atoms with E-state index in [0.717, 1.165) is 39.2 Å². The number of carbonyl (C=O) groups excluding carboxylic acids is 1. The molecule has 2 rings (SSSR count). The van der Waals surface area contributed by atoms with Crippen LogP contribution in [0.1, 0.15) is 47.2 Å². The monoisotopic (exact) mass is 506 g/mol. The van der Waals surface area contributed by atoms with Crippen LogP contribution >= 0.6 is 11.5 Å². The summed E-state index contributed by atoms with van der Waals surface area (Å²) in [6.45, 7) is 1.21. The fourth-order valence-electron chi connectivity index (χ4n) is 2.96. The molecule has 1 aromatic heterocycles. The van der Waals surface area contributed by atoms with Crippen molar-refractivity contribution in [2.75, 3.05) is 32.5 Å². The fraction of sp³-hybridized carbons (Fsp3) is 0.476. The van der Waals surface area contributed by atoms with Crippen LogP contribution in [0.4, 0.5) is 27.4 Å². The van der Waals surface area contributed by atoms with Gasteiger partial charge in [0.15, 0.2) is 28.8 Å². The normalized spacial score (nSPS) is 11.1. The molecular weight excluding hydrogens is 480 g/mol. The van der Waals surface area contributed by atoms with Crippen LogP contribution < -0.4 is 15.4 Å². The maximum absolute atomic E-state index is 14.0. The molecule has 0 saturated heterocycles. The van der Waals surface area contributed by atoms with Crippen molar-refractivity contribution in [2.24, 2.45) is 0 Å². The van der Waals surface area contributed by atoms with Gasteiger partial charge < -0.3 is 20.1 Å². The summed E-state index contributed by atoms with van der Waals surface area (Å²) in [5.74, 6) is -8.54. The van der Waals surface area contributed by atoms with Gasteiger partial charge in [0.1, 0.15) is 11.6 Å². The first-order valence-corrected chi connectivity index (χ1v) is 11.2. The zero-order chi connectivity index (χ0) is 25.4. The molecule has 188 valence electrons. The highest BCUT2D eigenvalue weighted by molar-refractivity contribution is 7.11. The molecule has 0 saturated carbocycles. The number of aromatic carboxylic acids is 1. The predicted molar refractivity (Wildman–Crippen MR) is 118 cm³/mol. The Hall–Kier alpha value is -2.93. The Morgan fingerprint density at radius 2 is 1.65 bits per heavy atom. The maximum Gasteiger partial charge on any atom is 0.344 e. The van der Waals surface area contributed by atoms with Crippen molar-refractivity contribution in [3.05, 3.63) is 40.0 Å². The smallest absolute Gasteiger partial charge is 0.344 e. The third-order valence-electron chi connectivity index (χ3n) is 4.85. The van der Waals surface area contributed by atoms with Crippen molar-refractivity contribution >= 4 is 28.5 Å². The van der Waals surface area contributed by atoms with Gasteiger partial charge in [0.05, 0.1) is 5.56 Å². The van der Waals surface area contributed by atoms with Gasteiger partial charge in [0, 0.05) is 12.1 Å². The third kappa shape index (κ3) is 7.03. The number of benzene rings is 1. The van der Waals surface area contributed by atoms with Crippen molar-refractivity contribution in [1.29, 1.82) is 0 Å². The molecule has 0 aliphatic carbocycles. The highest BCUT2D eigenvalue weighted by Gasteiger charge is 2.27. The van der Waals surface area contributed by atoms with E-state index in [1.165, 1.54) is 0 Å². The highest BCUT2D eigenvalue weighted by Crippen LogP contribution is 2.32. The van der Waals surface area contributed by atoms with E-state index in [1.54, 1.807) is 0 Å². The molecule has 0 aliphatic rings. The summed E-state index contributed by atoms with van der Waals surface area (Å²) in [7, 11) is 3.98. The summed E-state index contributed by atoms with van der Waals surface area (Å²) in [6.07, 6.45) is 3.71. The van der Waals surface area contributed by atoms with Gasteiger partial charge in [-0.25, -0.2) is 27.2 Å². The molecule has 1 aromatic carbocycles. The van der Waals surface area contributed by atoms with Crippen LogP contribution in [0.25, 0.3) is 0 Å². The summed E-state index contributed by atoms with van der Waals surface area (Å²) in [5.41, 5.74) is -2.44. The summed E-state index contributed by atoms with van der Waals surface area (Å²) in [4.78, 5) is 25.8. The molecule has 0 bridgehead atoms. The van der Waals surface area contributed by atoms with E-state index in [2.05, 4.69) is 19.9 Å². The van der Waals surface area contributed by atoms with Crippen LogP contribution in [0, 0.1) is 30.2 Å². The molecule has 0 radical (unpaired) electrons. The maximum atomic E-state index is 14.0. The number of nitrogens with zero attached hydrogens (tertiary/aromatic N) is 2. The van der Waals surface area contributed by atoms with Gasteiger partial charge in [0.2, 0.25) is 5.88 Å². The lowest BCUT2D eigenvalue weighted by atomic mass is 10.1. The second-order valence-electron chi connectivity index (χ2n) is 7.74. The lowest BCUT2D eigenvalue weighted by molar-refractivity contribution is 0.0692. The topological polar surface area (TPSA) is 104 Å². The zero-order valence-corrected chi connectivity index (χ0v) is 19.8.